The Balaban J connectivity index is 1.82. The highest BCUT2D eigenvalue weighted by Gasteiger charge is 2.29. The van der Waals surface area contributed by atoms with Gasteiger partial charge in [-0.15, -0.1) is 0 Å². The zero-order chi connectivity index (χ0) is 27.8. The summed E-state index contributed by atoms with van der Waals surface area (Å²) in [6.45, 7) is 3.66. The van der Waals surface area contributed by atoms with Crippen molar-refractivity contribution in [3.05, 3.63) is 94.0 Å². The van der Waals surface area contributed by atoms with Crippen molar-refractivity contribution in [3.63, 3.8) is 0 Å². The first-order chi connectivity index (χ1) is 18.1. The van der Waals surface area contributed by atoms with E-state index in [1.807, 2.05) is 6.92 Å². The van der Waals surface area contributed by atoms with Crippen molar-refractivity contribution in [2.75, 3.05) is 6.61 Å². The maximum Gasteiger partial charge on any atom is 0.322 e. The number of hydrazine groups is 1. The summed E-state index contributed by atoms with van der Waals surface area (Å²) in [5.74, 6) is -2.89. The number of aromatic hydroxyl groups is 1. The Morgan fingerprint density at radius 3 is 2.26 bits per heavy atom. The Morgan fingerprint density at radius 2 is 1.66 bits per heavy atom. The van der Waals surface area contributed by atoms with Crippen LogP contribution in [0.25, 0.3) is 0 Å². The monoisotopic (exact) mass is 539 g/mol. The van der Waals surface area contributed by atoms with Crippen molar-refractivity contribution in [1.82, 2.24) is 15.8 Å². The molecule has 10 nitrogen and oxygen atoms in total. The lowest BCUT2D eigenvalue weighted by atomic mass is 10.1. The van der Waals surface area contributed by atoms with Gasteiger partial charge in [0.25, 0.3) is 17.7 Å². The molecule has 0 aromatic heterocycles. The molecular weight excluding hydrogens is 514 g/mol. The first kappa shape index (κ1) is 28.2. The maximum absolute atomic E-state index is 13.3. The van der Waals surface area contributed by atoms with E-state index in [2.05, 4.69) is 10.7 Å². The van der Waals surface area contributed by atoms with Crippen LogP contribution >= 0.6 is 11.6 Å². The first-order valence-electron chi connectivity index (χ1n) is 11.6. The van der Waals surface area contributed by atoms with Gasteiger partial charge in [0.2, 0.25) is 0 Å². The summed E-state index contributed by atoms with van der Waals surface area (Å²) in [7, 11) is 0. The summed E-state index contributed by atoms with van der Waals surface area (Å²) in [5.41, 5.74) is 3.22. The van der Waals surface area contributed by atoms with Crippen LogP contribution in [-0.4, -0.2) is 51.6 Å². The first-order valence-corrected chi connectivity index (χ1v) is 11.9. The van der Waals surface area contributed by atoms with Crippen LogP contribution in [0.1, 0.15) is 50.5 Å². The zero-order valence-electron chi connectivity index (χ0n) is 20.6. The van der Waals surface area contributed by atoms with Crippen molar-refractivity contribution in [3.8, 4) is 11.5 Å². The van der Waals surface area contributed by atoms with Gasteiger partial charge < -0.3 is 20.3 Å². The number of hydrogen-bond acceptors (Lipinski definition) is 7. The van der Waals surface area contributed by atoms with Crippen LogP contribution in [0.2, 0.25) is 5.02 Å². The number of halogens is 1. The largest absolute Gasteiger partial charge is 0.508 e. The van der Waals surface area contributed by atoms with Gasteiger partial charge in [0.1, 0.15) is 17.5 Å². The van der Waals surface area contributed by atoms with Gasteiger partial charge in [0.15, 0.2) is 0 Å². The summed E-state index contributed by atoms with van der Waals surface area (Å²) in [6.07, 6.45) is 0. The predicted octanol–water partition coefficient (Wildman–Crippen LogP) is 3.63. The van der Waals surface area contributed by atoms with E-state index in [0.29, 0.717) is 22.9 Å². The SMILES string of the molecule is CCOc1ccc(C(=O)N(N[C@@H](C)C(=O)O)C(=O)c2ccc(C(=O)NCc3cccc(O)c3)cc2Cl)cc1. The molecule has 198 valence electrons. The number of imide groups is 1. The van der Waals surface area contributed by atoms with Crippen molar-refractivity contribution in [2.45, 2.75) is 26.4 Å². The molecule has 0 saturated carbocycles. The van der Waals surface area contributed by atoms with E-state index in [1.165, 1.54) is 49.4 Å². The predicted molar refractivity (Wildman–Crippen MR) is 139 cm³/mol. The number of hydrogen-bond donors (Lipinski definition) is 4. The Hall–Kier alpha value is -4.41. The third kappa shape index (κ3) is 7.09. The molecule has 0 bridgehead atoms. The normalized spacial score (nSPS) is 11.3. The number of phenolic OH excluding ortho intramolecular Hbond substituents is 1. The third-order valence-electron chi connectivity index (χ3n) is 5.34. The number of phenols is 1. The molecule has 4 N–H and O–H groups in total. The van der Waals surface area contributed by atoms with Crippen molar-refractivity contribution in [1.29, 1.82) is 0 Å². The number of benzene rings is 3. The molecule has 0 heterocycles. The molecule has 0 fully saturated rings. The molecule has 11 heteroatoms. The second-order valence-electron chi connectivity index (χ2n) is 8.14. The van der Waals surface area contributed by atoms with Crippen LogP contribution in [0.3, 0.4) is 0 Å². The highest BCUT2D eigenvalue weighted by atomic mass is 35.5. The minimum Gasteiger partial charge on any atom is -0.508 e. The Morgan fingerprint density at radius 1 is 0.974 bits per heavy atom. The number of amides is 3. The molecule has 3 aromatic rings. The van der Waals surface area contributed by atoms with Crippen LogP contribution < -0.4 is 15.5 Å². The van der Waals surface area contributed by atoms with Gasteiger partial charge in [-0.3, -0.25) is 19.2 Å². The van der Waals surface area contributed by atoms with Crippen LogP contribution in [0.4, 0.5) is 0 Å². The number of carbonyl (C=O) groups is 4. The van der Waals surface area contributed by atoms with Crippen molar-refractivity contribution >= 4 is 35.3 Å². The third-order valence-corrected chi connectivity index (χ3v) is 5.65. The number of rotatable bonds is 10. The summed E-state index contributed by atoms with van der Waals surface area (Å²) in [6, 6.07) is 15.0. The molecule has 0 saturated heterocycles. The summed E-state index contributed by atoms with van der Waals surface area (Å²) in [4.78, 5) is 50.6. The molecule has 3 rings (SSSR count). The average molecular weight is 540 g/mol. The topological polar surface area (TPSA) is 145 Å². The smallest absolute Gasteiger partial charge is 0.322 e. The maximum atomic E-state index is 13.3. The lowest BCUT2D eigenvalue weighted by Gasteiger charge is -2.24. The molecular formula is C27H26ClN3O7. The van der Waals surface area contributed by atoms with E-state index >= 15 is 0 Å². The van der Waals surface area contributed by atoms with E-state index in [4.69, 9.17) is 16.3 Å². The number of carboxylic acids is 1. The highest BCUT2D eigenvalue weighted by Crippen LogP contribution is 2.22. The van der Waals surface area contributed by atoms with Crippen molar-refractivity contribution < 1.29 is 34.1 Å². The molecule has 3 amide bonds. The molecule has 1 atom stereocenters. The van der Waals surface area contributed by atoms with Gasteiger partial charge in [0, 0.05) is 17.7 Å². The number of ether oxygens (including phenoxy) is 1. The number of aliphatic carboxylic acids is 1. The summed E-state index contributed by atoms with van der Waals surface area (Å²) >= 11 is 6.32. The number of nitrogens with zero attached hydrogens (tertiary/aromatic N) is 1. The van der Waals surface area contributed by atoms with Gasteiger partial charge in [-0.1, -0.05) is 23.7 Å². The Labute approximate surface area is 223 Å². The van der Waals surface area contributed by atoms with Gasteiger partial charge in [0.05, 0.1) is 17.2 Å². The summed E-state index contributed by atoms with van der Waals surface area (Å²) in [5, 5.41) is 22.0. The fraction of sp³-hybridized carbons (Fsp3) is 0.185. The van der Waals surface area contributed by atoms with Crippen LogP contribution in [-0.2, 0) is 11.3 Å². The van der Waals surface area contributed by atoms with E-state index in [9.17, 15) is 29.4 Å². The minimum atomic E-state index is -1.29. The minimum absolute atomic E-state index is 0.0674. The summed E-state index contributed by atoms with van der Waals surface area (Å²) < 4.78 is 5.36. The van der Waals surface area contributed by atoms with E-state index in [1.54, 1.807) is 24.3 Å². The molecule has 38 heavy (non-hydrogen) atoms. The van der Waals surface area contributed by atoms with E-state index < -0.39 is 29.7 Å². The second-order valence-corrected chi connectivity index (χ2v) is 8.55. The van der Waals surface area contributed by atoms with Gasteiger partial charge >= 0.3 is 5.97 Å². The number of carboxylic acid groups (broad SMARTS) is 1. The van der Waals surface area contributed by atoms with Gasteiger partial charge in [-0.25, -0.2) is 10.4 Å². The molecule has 0 aliphatic heterocycles. The molecule has 0 aliphatic rings. The molecule has 3 aromatic carbocycles. The van der Waals surface area contributed by atoms with Crippen LogP contribution in [0.15, 0.2) is 66.7 Å². The lowest BCUT2D eigenvalue weighted by molar-refractivity contribution is -0.139. The highest BCUT2D eigenvalue weighted by molar-refractivity contribution is 6.34. The molecule has 0 radical (unpaired) electrons. The fourth-order valence-corrected chi connectivity index (χ4v) is 3.61. The Kier molecular flexibility index (Phi) is 9.42. The molecule has 0 aliphatic carbocycles. The van der Waals surface area contributed by atoms with Crippen LogP contribution in [0, 0.1) is 0 Å². The quantitative estimate of drug-likeness (QED) is 0.226. The van der Waals surface area contributed by atoms with E-state index in [-0.39, 0.29) is 34.0 Å². The number of nitrogens with one attached hydrogen (secondary N) is 2. The van der Waals surface area contributed by atoms with Gasteiger partial charge in [-0.05, 0) is 74.0 Å². The number of carbonyl (C=O) groups excluding carboxylic acids is 3. The molecule has 0 unspecified atom stereocenters. The fourth-order valence-electron chi connectivity index (χ4n) is 3.35. The zero-order valence-corrected chi connectivity index (χ0v) is 21.4. The van der Waals surface area contributed by atoms with E-state index in [0.717, 1.165) is 0 Å². The second kappa shape index (κ2) is 12.7. The lowest BCUT2D eigenvalue weighted by Crippen LogP contribution is -2.53. The standard InChI is InChI=1S/C27H26ClN3O7/c1-3-38-21-10-7-18(8-11-21)25(34)31(30-16(2)27(36)37)26(35)22-12-9-19(14-23(22)28)24(33)29-15-17-5-4-6-20(32)13-17/h4-14,16,30,32H,3,15H2,1-2H3,(H,29,33)(H,36,37)/t16-/m0/s1. The average Bonchev–Trinajstić information content (AvgIpc) is 2.90. The van der Waals surface area contributed by atoms with Gasteiger partial charge in [-0.2, -0.15) is 0 Å². The van der Waals surface area contributed by atoms with Crippen molar-refractivity contribution in [2.24, 2.45) is 0 Å². The molecule has 0 spiro atoms. The van der Waals surface area contributed by atoms with Crippen LogP contribution in [0.5, 0.6) is 11.5 Å². The Bertz CT molecular complexity index is 1340.